The second-order valence-corrected chi connectivity index (χ2v) is 6.26. The number of ether oxygens (including phenoxy) is 2. The second kappa shape index (κ2) is 6.62. The van der Waals surface area contributed by atoms with Gasteiger partial charge in [-0.3, -0.25) is 0 Å². The van der Waals surface area contributed by atoms with Crippen LogP contribution in [0.1, 0.15) is 24.8 Å². The molecule has 0 N–H and O–H groups in total. The Kier molecular flexibility index (Phi) is 4.18. The molecule has 1 heterocycles. The van der Waals surface area contributed by atoms with Crippen molar-refractivity contribution >= 4 is 27.5 Å². The van der Waals surface area contributed by atoms with E-state index in [4.69, 9.17) is 9.47 Å². The first-order chi connectivity index (χ1) is 11.8. The molecule has 3 heteroatoms. The number of fused-ring (bicyclic) bond motifs is 2. The SMILES string of the molecule is O=C1OCCCCC1OCc1c2ccccc2cc2ccccc12. The van der Waals surface area contributed by atoms with Gasteiger partial charge in [0, 0.05) is 0 Å². The Balaban J connectivity index is 1.72. The Morgan fingerprint density at radius 1 is 0.958 bits per heavy atom. The van der Waals surface area contributed by atoms with E-state index in [0.717, 1.165) is 24.8 Å². The van der Waals surface area contributed by atoms with Crippen molar-refractivity contribution in [2.45, 2.75) is 32.0 Å². The van der Waals surface area contributed by atoms with Crippen molar-refractivity contribution < 1.29 is 14.3 Å². The number of benzene rings is 3. The molecule has 4 rings (SSSR count). The van der Waals surface area contributed by atoms with E-state index in [9.17, 15) is 4.79 Å². The topological polar surface area (TPSA) is 35.5 Å². The first-order valence-electron chi connectivity index (χ1n) is 8.50. The van der Waals surface area contributed by atoms with Crippen molar-refractivity contribution in [2.24, 2.45) is 0 Å². The lowest BCUT2D eigenvalue weighted by molar-refractivity contribution is -0.156. The second-order valence-electron chi connectivity index (χ2n) is 6.26. The fourth-order valence-electron chi connectivity index (χ4n) is 3.41. The number of rotatable bonds is 3. The highest BCUT2D eigenvalue weighted by atomic mass is 16.6. The molecule has 3 aromatic rings. The average molecular weight is 320 g/mol. The molecule has 0 saturated carbocycles. The number of carbonyl (C=O) groups excluding carboxylic acids is 1. The van der Waals surface area contributed by atoms with E-state index in [1.54, 1.807) is 0 Å². The Hall–Kier alpha value is -2.39. The van der Waals surface area contributed by atoms with Crippen molar-refractivity contribution in [3.8, 4) is 0 Å². The molecule has 122 valence electrons. The van der Waals surface area contributed by atoms with Crippen molar-refractivity contribution in [3.63, 3.8) is 0 Å². The van der Waals surface area contributed by atoms with Crippen LogP contribution in [-0.4, -0.2) is 18.7 Å². The minimum atomic E-state index is -0.453. The van der Waals surface area contributed by atoms with E-state index >= 15 is 0 Å². The lowest BCUT2D eigenvalue weighted by Crippen LogP contribution is -2.24. The third-order valence-electron chi connectivity index (χ3n) is 4.68. The highest BCUT2D eigenvalue weighted by Crippen LogP contribution is 2.29. The van der Waals surface area contributed by atoms with Crippen LogP contribution in [-0.2, 0) is 20.9 Å². The standard InChI is InChI=1S/C21H20O3/c22-21-20(11-5-6-12-23-21)24-14-19-17-9-3-1-7-15(17)13-16-8-2-4-10-18(16)19/h1-4,7-10,13,20H,5-6,11-12,14H2. The van der Waals surface area contributed by atoms with Crippen LogP contribution in [0.5, 0.6) is 0 Å². The Morgan fingerprint density at radius 2 is 1.62 bits per heavy atom. The molecule has 0 aromatic heterocycles. The minimum Gasteiger partial charge on any atom is -0.464 e. The van der Waals surface area contributed by atoms with Gasteiger partial charge in [0.15, 0.2) is 6.10 Å². The number of hydrogen-bond acceptors (Lipinski definition) is 3. The van der Waals surface area contributed by atoms with Crippen LogP contribution in [0.2, 0.25) is 0 Å². The zero-order valence-corrected chi connectivity index (χ0v) is 13.5. The summed E-state index contributed by atoms with van der Waals surface area (Å²) in [5, 5.41) is 4.74. The van der Waals surface area contributed by atoms with Gasteiger partial charge in [-0.25, -0.2) is 4.79 Å². The molecule has 1 aliphatic heterocycles. The molecule has 0 bridgehead atoms. The molecular formula is C21H20O3. The molecule has 1 unspecified atom stereocenters. The van der Waals surface area contributed by atoms with Crippen molar-refractivity contribution in [1.82, 2.24) is 0 Å². The molecular weight excluding hydrogens is 300 g/mol. The molecule has 1 saturated heterocycles. The summed E-state index contributed by atoms with van der Waals surface area (Å²) in [7, 11) is 0. The maximum atomic E-state index is 12.0. The first kappa shape index (κ1) is 15.2. The summed E-state index contributed by atoms with van der Waals surface area (Å²) in [4.78, 5) is 12.0. The third kappa shape index (κ3) is 2.87. The number of hydrogen-bond donors (Lipinski definition) is 0. The summed E-state index contributed by atoms with van der Waals surface area (Å²) in [6.07, 6.45) is 2.17. The Bertz CT molecular complexity index is 831. The van der Waals surface area contributed by atoms with Gasteiger partial charge in [0.05, 0.1) is 13.2 Å². The van der Waals surface area contributed by atoms with E-state index in [2.05, 4.69) is 30.3 Å². The molecule has 1 atom stereocenters. The van der Waals surface area contributed by atoms with Crippen LogP contribution >= 0.6 is 0 Å². The first-order valence-corrected chi connectivity index (χ1v) is 8.50. The van der Waals surface area contributed by atoms with Crippen LogP contribution in [0.15, 0.2) is 54.6 Å². The molecule has 3 aromatic carbocycles. The monoisotopic (exact) mass is 320 g/mol. The Labute approximate surface area is 141 Å². The number of esters is 1. The predicted molar refractivity (Wildman–Crippen MR) is 94.8 cm³/mol. The lowest BCUT2D eigenvalue weighted by atomic mass is 9.97. The lowest BCUT2D eigenvalue weighted by Gasteiger charge is -2.16. The van der Waals surface area contributed by atoms with Crippen molar-refractivity contribution in [1.29, 1.82) is 0 Å². The highest BCUT2D eigenvalue weighted by Gasteiger charge is 2.23. The van der Waals surface area contributed by atoms with E-state index in [1.807, 2.05) is 24.3 Å². The van der Waals surface area contributed by atoms with E-state index in [0.29, 0.717) is 13.2 Å². The zero-order chi connectivity index (χ0) is 16.4. The van der Waals surface area contributed by atoms with Gasteiger partial charge in [-0.2, -0.15) is 0 Å². The zero-order valence-electron chi connectivity index (χ0n) is 13.5. The van der Waals surface area contributed by atoms with Crippen LogP contribution in [0.25, 0.3) is 21.5 Å². The van der Waals surface area contributed by atoms with E-state index < -0.39 is 6.10 Å². The molecule has 0 aliphatic carbocycles. The fourth-order valence-corrected chi connectivity index (χ4v) is 3.41. The largest absolute Gasteiger partial charge is 0.464 e. The molecule has 24 heavy (non-hydrogen) atoms. The summed E-state index contributed by atoms with van der Waals surface area (Å²) in [5.74, 6) is -0.225. The maximum Gasteiger partial charge on any atom is 0.335 e. The molecule has 3 nitrogen and oxygen atoms in total. The van der Waals surface area contributed by atoms with Gasteiger partial charge < -0.3 is 9.47 Å². The molecule has 0 radical (unpaired) electrons. The van der Waals surface area contributed by atoms with Gasteiger partial charge in [0.1, 0.15) is 0 Å². The molecule has 1 fully saturated rings. The quantitative estimate of drug-likeness (QED) is 0.522. The fraction of sp³-hybridized carbons (Fsp3) is 0.286. The summed E-state index contributed by atoms with van der Waals surface area (Å²) >= 11 is 0. The van der Waals surface area contributed by atoms with Crippen LogP contribution in [0.3, 0.4) is 0 Å². The molecule has 0 spiro atoms. The smallest absolute Gasteiger partial charge is 0.335 e. The van der Waals surface area contributed by atoms with Gasteiger partial charge in [-0.15, -0.1) is 0 Å². The van der Waals surface area contributed by atoms with Gasteiger partial charge >= 0.3 is 5.97 Å². The van der Waals surface area contributed by atoms with Gasteiger partial charge in [0.25, 0.3) is 0 Å². The van der Waals surface area contributed by atoms with Crippen LogP contribution < -0.4 is 0 Å². The summed E-state index contributed by atoms with van der Waals surface area (Å²) in [5.41, 5.74) is 1.14. The number of carbonyl (C=O) groups is 1. The van der Waals surface area contributed by atoms with Crippen molar-refractivity contribution in [2.75, 3.05) is 6.61 Å². The maximum absolute atomic E-state index is 12.0. The van der Waals surface area contributed by atoms with Crippen LogP contribution in [0.4, 0.5) is 0 Å². The van der Waals surface area contributed by atoms with Gasteiger partial charge in [0.2, 0.25) is 0 Å². The predicted octanol–water partition coefficient (Wildman–Crippen LogP) is 4.61. The summed E-state index contributed by atoms with van der Waals surface area (Å²) < 4.78 is 11.2. The van der Waals surface area contributed by atoms with Gasteiger partial charge in [-0.05, 0) is 52.4 Å². The highest BCUT2D eigenvalue weighted by molar-refractivity contribution is 6.02. The van der Waals surface area contributed by atoms with Gasteiger partial charge in [-0.1, -0.05) is 48.5 Å². The molecule has 1 aliphatic rings. The summed E-state index contributed by atoms with van der Waals surface area (Å²) in [6.45, 7) is 0.928. The van der Waals surface area contributed by atoms with E-state index in [1.165, 1.54) is 21.5 Å². The van der Waals surface area contributed by atoms with Crippen molar-refractivity contribution in [3.05, 3.63) is 60.2 Å². The van der Waals surface area contributed by atoms with Crippen LogP contribution in [0, 0.1) is 0 Å². The minimum absolute atomic E-state index is 0.225. The molecule has 0 amide bonds. The Morgan fingerprint density at radius 3 is 2.33 bits per heavy atom. The third-order valence-corrected chi connectivity index (χ3v) is 4.68. The summed E-state index contributed by atoms with van der Waals surface area (Å²) in [6, 6.07) is 18.8. The average Bonchev–Trinajstić information content (AvgIpc) is 2.83. The van der Waals surface area contributed by atoms with E-state index in [-0.39, 0.29) is 5.97 Å². The number of cyclic esters (lactones) is 1. The normalized spacial score (nSPS) is 18.5.